The molecule has 0 aromatic heterocycles. The number of alkyl halides is 1. The number of hydrogen-bond acceptors (Lipinski definition) is 0. The van der Waals surface area contributed by atoms with E-state index in [1.165, 1.54) is 38.5 Å². The number of hydrogen-bond donors (Lipinski definition) is 0. The van der Waals surface area contributed by atoms with E-state index in [4.69, 9.17) is 0 Å². The summed E-state index contributed by atoms with van der Waals surface area (Å²) in [6, 6.07) is 11.3. The maximum atomic E-state index is 15.0. The highest BCUT2D eigenvalue weighted by molar-refractivity contribution is 5.30. The smallest absolute Gasteiger partial charge is 0.126 e. The van der Waals surface area contributed by atoms with Crippen LogP contribution >= 0.6 is 0 Å². The number of halogens is 3. The SMILES string of the molecule is CCCCc1ccc(CCc2ccc([C@H]3CC[C@H]([C@H]4CC[C@H](CCF)CC4)CC3)cc2F)c(F)c1. The molecule has 2 aliphatic rings. The summed E-state index contributed by atoms with van der Waals surface area (Å²) in [4.78, 5) is 0. The molecule has 0 saturated heterocycles. The summed E-state index contributed by atoms with van der Waals surface area (Å²) in [5.41, 5.74) is 3.53. The largest absolute Gasteiger partial charge is 0.251 e. The van der Waals surface area contributed by atoms with Crippen molar-refractivity contribution >= 4 is 0 Å². The fourth-order valence-electron chi connectivity index (χ4n) is 6.65. The van der Waals surface area contributed by atoms with E-state index in [1.807, 2.05) is 18.2 Å². The van der Waals surface area contributed by atoms with E-state index in [9.17, 15) is 13.2 Å². The van der Waals surface area contributed by atoms with Crippen molar-refractivity contribution < 1.29 is 13.2 Å². The molecule has 0 unspecified atom stereocenters. The topological polar surface area (TPSA) is 0 Å². The van der Waals surface area contributed by atoms with Gasteiger partial charge in [0.1, 0.15) is 11.6 Å². The molecule has 0 nitrogen and oxygen atoms in total. The van der Waals surface area contributed by atoms with Crippen LogP contribution in [0.3, 0.4) is 0 Å². The van der Waals surface area contributed by atoms with Crippen molar-refractivity contribution in [3.63, 3.8) is 0 Å². The van der Waals surface area contributed by atoms with Crippen LogP contribution in [0.1, 0.15) is 106 Å². The molecule has 0 aliphatic heterocycles. The Morgan fingerprint density at radius 3 is 1.89 bits per heavy atom. The van der Waals surface area contributed by atoms with Gasteiger partial charge in [-0.25, -0.2) is 8.78 Å². The Kier molecular flexibility index (Phi) is 9.75. The second-order valence-electron chi connectivity index (χ2n) is 11.3. The van der Waals surface area contributed by atoms with Crippen LogP contribution in [-0.4, -0.2) is 6.67 Å². The Labute approximate surface area is 210 Å². The highest BCUT2D eigenvalue weighted by atomic mass is 19.1. The van der Waals surface area contributed by atoms with Gasteiger partial charge in [0, 0.05) is 0 Å². The van der Waals surface area contributed by atoms with Gasteiger partial charge in [-0.15, -0.1) is 0 Å². The van der Waals surface area contributed by atoms with E-state index < -0.39 is 0 Å². The highest BCUT2D eigenvalue weighted by Gasteiger charge is 2.31. The molecule has 2 aromatic rings. The van der Waals surface area contributed by atoms with E-state index in [-0.39, 0.29) is 18.3 Å². The number of benzene rings is 2. The van der Waals surface area contributed by atoms with E-state index in [1.54, 1.807) is 12.1 Å². The molecule has 192 valence electrons. The predicted octanol–water partition coefficient (Wildman–Crippen LogP) is 9.53. The molecule has 3 heteroatoms. The molecule has 0 amide bonds. The van der Waals surface area contributed by atoms with Gasteiger partial charge in [0.25, 0.3) is 0 Å². The minimum absolute atomic E-state index is 0.143. The summed E-state index contributed by atoms with van der Waals surface area (Å²) in [5.74, 6) is 2.36. The number of rotatable bonds is 10. The van der Waals surface area contributed by atoms with Crippen LogP contribution in [0.5, 0.6) is 0 Å². The third kappa shape index (κ3) is 7.14. The van der Waals surface area contributed by atoms with E-state index in [0.29, 0.717) is 35.8 Å². The molecule has 2 saturated carbocycles. The maximum absolute atomic E-state index is 15.0. The molecule has 0 radical (unpaired) electrons. The van der Waals surface area contributed by atoms with Crippen molar-refractivity contribution in [3.05, 3.63) is 70.3 Å². The van der Waals surface area contributed by atoms with Gasteiger partial charge < -0.3 is 0 Å². The van der Waals surface area contributed by atoms with Crippen molar-refractivity contribution in [2.45, 2.75) is 103 Å². The fraction of sp³-hybridized carbons (Fsp3) is 0.625. The first-order valence-electron chi connectivity index (χ1n) is 14.2. The quantitative estimate of drug-likeness (QED) is 0.315. The number of aryl methyl sites for hydroxylation is 3. The fourth-order valence-corrected chi connectivity index (χ4v) is 6.65. The average molecular weight is 485 g/mol. The third-order valence-corrected chi connectivity index (χ3v) is 9.00. The van der Waals surface area contributed by atoms with Crippen LogP contribution in [0.2, 0.25) is 0 Å². The zero-order valence-electron chi connectivity index (χ0n) is 21.5. The molecule has 2 aliphatic carbocycles. The van der Waals surface area contributed by atoms with Gasteiger partial charge in [-0.1, -0.05) is 50.5 Å². The maximum Gasteiger partial charge on any atom is 0.126 e. The Bertz CT molecular complexity index is 920. The summed E-state index contributed by atoms with van der Waals surface area (Å²) < 4.78 is 42.1. The Morgan fingerprint density at radius 1 is 0.714 bits per heavy atom. The zero-order valence-corrected chi connectivity index (χ0v) is 21.5. The van der Waals surface area contributed by atoms with Gasteiger partial charge in [-0.05, 0) is 129 Å². The van der Waals surface area contributed by atoms with Crippen molar-refractivity contribution in [2.75, 3.05) is 6.67 Å². The zero-order chi connectivity index (χ0) is 24.6. The lowest BCUT2D eigenvalue weighted by atomic mass is 9.68. The monoisotopic (exact) mass is 484 g/mol. The first kappa shape index (κ1) is 26.3. The molecule has 0 atom stereocenters. The van der Waals surface area contributed by atoms with Gasteiger partial charge in [-0.2, -0.15) is 0 Å². The lowest BCUT2D eigenvalue weighted by molar-refractivity contribution is 0.153. The van der Waals surface area contributed by atoms with E-state index in [0.717, 1.165) is 61.5 Å². The molecular formula is C32H43F3. The van der Waals surface area contributed by atoms with Crippen LogP contribution in [-0.2, 0) is 19.3 Å². The molecule has 4 rings (SSSR count). The second kappa shape index (κ2) is 13.0. The van der Waals surface area contributed by atoms with Crippen LogP contribution in [0.25, 0.3) is 0 Å². The molecule has 2 fully saturated rings. The first-order valence-corrected chi connectivity index (χ1v) is 14.2. The van der Waals surface area contributed by atoms with Gasteiger partial charge in [0.05, 0.1) is 6.67 Å². The summed E-state index contributed by atoms with van der Waals surface area (Å²) in [6.45, 7) is 1.97. The molecule has 0 spiro atoms. The van der Waals surface area contributed by atoms with Gasteiger partial charge in [-0.3, -0.25) is 4.39 Å². The van der Waals surface area contributed by atoms with Crippen molar-refractivity contribution in [1.82, 2.24) is 0 Å². The summed E-state index contributed by atoms with van der Waals surface area (Å²) >= 11 is 0. The van der Waals surface area contributed by atoms with E-state index >= 15 is 0 Å². The highest BCUT2D eigenvalue weighted by Crippen LogP contribution is 2.44. The van der Waals surface area contributed by atoms with Gasteiger partial charge in [0.2, 0.25) is 0 Å². The van der Waals surface area contributed by atoms with Crippen molar-refractivity contribution in [1.29, 1.82) is 0 Å². The lowest BCUT2D eigenvalue weighted by Crippen LogP contribution is -2.25. The van der Waals surface area contributed by atoms with Crippen LogP contribution in [0, 0.1) is 29.4 Å². The minimum atomic E-state index is -0.168. The third-order valence-electron chi connectivity index (χ3n) is 9.00. The summed E-state index contributed by atoms with van der Waals surface area (Å²) in [7, 11) is 0. The second-order valence-corrected chi connectivity index (χ2v) is 11.3. The van der Waals surface area contributed by atoms with Crippen LogP contribution < -0.4 is 0 Å². The van der Waals surface area contributed by atoms with E-state index in [2.05, 4.69) is 13.0 Å². The van der Waals surface area contributed by atoms with Crippen LogP contribution in [0.15, 0.2) is 36.4 Å². The van der Waals surface area contributed by atoms with Crippen molar-refractivity contribution in [3.8, 4) is 0 Å². The van der Waals surface area contributed by atoms with Gasteiger partial charge >= 0.3 is 0 Å². The summed E-state index contributed by atoms with van der Waals surface area (Å²) in [5, 5.41) is 0. The predicted molar refractivity (Wildman–Crippen MR) is 140 cm³/mol. The molecule has 2 aromatic carbocycles. The van der Waals surface area contributed by atoms with Crippen LogP contribution in [0.4, 0.5) is 13.2 Å². The standard InChI is InChI=1S/C32H43F3/c1-2-3-4-24-7-10-28(31(34)21-24)15-16-29-17-18-30(22-32(29)35)27-13-11-26(12-14-27)25-8-5-23(6-9-25)19-20-33/h7,10,17-18,21-23,25-27H,2-6,8-9,11-16,19-20H2,1H3/t23-,25-,26-,27-. The molecular weight excluding hydrogens is 441 g/mol. The minimum Gasteiger partial charge on any atom is -0.251 e. The summed E-state index contributed by atoms with van der Waals surface area (Å²) in [6.07, 6.45) is 14.6. The Hall–Kier alpha value is -1.77. The molecule has 0 heterocycles. The first-order chi connectivity index (χ1) is 17.1. The average Bonchev–Trinajstić information content (AvgIpc) is 2.88. The van der Waals surface area contributed by atoms with Gasteiger partial charge in [0.15, 0.2) is 0 Å². The molecule has 0 N–H and O–H groups in total. The Balaban J connectivity index is 1.26. The van der Waals surface area contributed by atoms with Crippen molar-refractivity contribution in [2.24, 2.45) is 17.8 Å². The Morgan fingerprint density at radius 2 is 1.31 bits per heavy atom. The molecule has 35 heavy (non-hydrogen) atoms. The number of unbranched alkanes of at least 4 members (excludes halogenated alkanes) is 1. The normalized spacial score (nSPS) is 25.0. The lowest BCUT2D eigenvalue weighted by Gasteiger charge is -2.38. The molecule has 0 bridgehead atoms.